The van der Waals surface area contributed by atoms with Gasteiger partial charge >= 0.3 is 0 Å². The molecule has 2 unspecified atom stereocenters. The Morgan fingerprint density at radius 3 is 2.57 bits per heavy atom. The smallest absolute Gasteiger partial charge is 0.168 e. The number of aromatic nitrogens is 2. The van der Waals surface area contributed by atoms with Crippen molar-refractivity contribution in [2.24, 2.45) is 7.05 Å². The van der Waals surface area contributed by atoms with Gasteiger partial charge < -0.3 is 9.88 Å². The van der Waals surface area contributed by atoms with Crippen molar-refractivity contribution in [3.8, 4) is 0 Å². The number of thioether (sulfide) groups is 1. The zero-order valence-electron chi connectivity index (χ0n) is 13.1. The van der Waals surface area contributed by atoms with E-state index in [0.717, 1.165) is 24.5 Å². The molecule has 0 aliphatic heterocycles. The Morgan fingerprint density at radius 1 is 1.24 bits per heavy atom. The number of hydrogen-bond donors (Lipinski definition) is 1. The fraction of sp³-hybridized carbons (Fsp3) is 0.471. The predicted octanol–water partition coefficient (Wildman–Crippen LogP) is 4.03. The maximum Gasteiger partial charge on any atom is 0.168 e. The summed E-state index contributed by atoms with van der Waals surface area (Å²) in [7, 11) is 2.05. The molecule has 0 fully saturated rings. The first-order valence-corrected chi connectivity index (χ1v) is 8.56. The highest BCUT2D eigenvalue weighted by Gasteiger charge is 2.23. The number of aryl methyl sites for hydroxylation is 1. The summed E-state index contributed by atoms with van der Waals surface area (Å²) in [6.45, 7) is 5.50. The predicted molar refractivity (Wildman–Crippen MR) is 90.6 cm³/mol. The van der Waals surface area contributed by atoms with Crippen molar-refractivity contribution in [3.63, 3.8) is 0 Å². The third-order valence-electron chi connectivity index (χ3n) is 3.58. The molecule has 2 rings (SSSR count). The van der Waals surface area contributed by atoms with Crippen LogP contribution in [0, 0.1) is 0 Å². The Morgan fingerprint density at radius 2 is 2.00 bits per heavy atom. The molecule has 0 aliphatic rings. The van der Waals surface area contributed by atoms with E-state index in [9.17, 15) is 0 Å². The quantitative estimate of drug-likeness (QED) is 0.747. The molecule has 0 radical (unpaired) electrons. The van der Waals surface area contributed by atoms with Gasteiger partial charge in [-0.1, -0.05) is 55.9 Å². The van der Waals surface area contributed by atoms with Crippen LogP contribution in [0.4, 0.5) is 0 Å². The van der Waals surface area contributed by atoms with E-state index < -0.39 is 0 Å². The van der Waals surface area contributed by atoms with Crippen LogP contribution in [-0.2, 0) is 7.05 Å². The van der Waals surface area contributed by atoms with Gasteiger partial charge in [-0.3, -0.25) is 0 Å². The minimum atomic E-state index is 0.359. The van der Waals surface area contributed by atoms with Gasteiger partial charge in [-0.25, -0.2) is 4.98 Å². The van der Waals surface area contributed by atoms with Crippen LogP contribution in [0.2, 0.25) is 0 Å². The summed E-state index contributed by atoms with van der Waals surface area (Å²) in [5, 5.41) is 5.27. The molecule has 0 spiro atoms. The Bertz CT molecular complexity index is 524. The van der Waals surface area contributed by atoms with Gasteiger partial charge in [0.2, 0.25) is 0 Å². The fourth-order valence-electron chi connectivity index (χ4n) is 2.41. The van der Waals surface area contributed by atoms with E-state index in [1.165, 1.54) is 5.56 Å². The molecule has 1 aromatic heterocycles. The minimum Gasteiger partial charge on any atom is -0.329 e. The molecule has 0 bridgehead atoms. The monoisotopic (exact) mass is 303 g/mol. The van der Waals surface area contributed by atoms with E-state index >= 15 is 0 Å². The first-order valence-electron chi connectivity index (χ1n) is 7.68. The van der Waals surface area contributed by atoms with Crippen molar-refractivity contribution in [1.82, 2.24) is 14.9 Å². The lowest BCUT2D eigenvalue weighted by Gasteiger charge is -2.27. The molecule has 1 aromatic carbocycles. The summed E-state index contributed by atoms with van der Waals surface area (Å²) in [6, 6.07) is 11.1. The van der Waals surface area contributed by atoms with Crippen LogP contribution in [0.3, 0.4) is 0 Å². The number of nitrogens with one attached hydrogen (secondary N) is 1. The van der Waals surface area contributed by atoms with E-state index in [1.54, 1.807) is 0 Å². The first kappa shape index (κ1) is 16.1. The Hall–Kier alpha value is -1.26. The summed E-state index contributed by atoms with van der Waals surface area (Å²) in [4.78, 5) is 4.46. The molecule has 114 valence electrons. The van der Waals surface area contributed by atoms with Crippen molar-refractivity contribution in [3.05, 3.63) is 48.3 Å². The first-order chi connectivity index (χ1) is 10.3. The third-order valence-corrected chi connectivity index (χ3v) is 5.09. The molecular formula is C17H25N3S. The van der Waals surface area contributed by atoms with Gasteiger partial charge in [0.05, 0.1) is 0 Å². The molecule has 1 heterocycles. The van der Waals surface area contributed by atoms with Gasteiger partial charge in [-0.2, -0.15) is 0 Å². The SMILES string of the molecule is CCCNC(c1ccccc1)C(CC)Sc1nccn1C. The topological polar surface area (TPSA) is 29.9 Å². The summed E-state index contributed by atoms with van der Waals surface area (Å²) < 4.78 is 2.09. The van der Waals surface area contributed by atoms with Crippen molar-refractivity contribution in [1.29, 1.82) is 0 Å². The fourth-order valence-corrected chi connectivity index (χ4v) is 3.59. The number of imidazole rings is 1. The molecule has 0 saturated heterocycles. The molecular weight excluding hydrogens is 278 g/mol. The minimum absolute atomic E-state index is 0.359. The molecule has 3 nitrogen and oxygen atoms in total. The highest BCUT2D eigenvalue weighted by molar-refractivity contribution is 7.99. The molecule has 1 N–H and O–H groups in total. The van der Waals surface area contributed by atoms with Crippen LogP contribution >= 0.6 is 11.8 Å². The zero-order chi connectivity index (χ0) is 15.1. The number of nitrogens with zero attached hydrogens (tertiary/aromatic N) is 2. The van der Waals surface area contributed by atoms with Crippen LogP contribution in [0.5, 0.6) is 0 Å². The van der Waals surface area contributed by atoms with Crippen LogP contribution in [0.1, 0.15) is 38.3 Å². The van der Waals surface area contributed by atoms with Crippen molar-refractivity contribution < 1.29 is 0 Å². The van der Waals surface area contributed by atoms with Crippen molar-refractivity contribution >= 4 is 11.8 Å². The zero-order valence-corrected chi connectivity index (χ0v) is 13.9. The molecule has 0 amide bonds. The summed E-state index contributed by atoms with van der Waals surface area (Å²) >= 11 is 1.86. The van der Waals surface area contributed by atoms with E-state index in [4.69, 9.17) is 0 Å². The molecule has 2 aromatic rings. The van der Waals surface area contributed by atoms with Crippen LogP contribution in [0.15, 0.2) is 47.9 Å². The molecule has 21 heavy (non-hydrogen) atoms. The highest BCUT2D eigenvalue weighted by Crippen LogP contribution is 2.33. The van der Waals surface area contributed by atoms with Gasteiger partial charge in [0, 0.05) is 30.7 Å². The Labute approximate surface area is 132 Å². The van der Waals surface area contributed by atoms with Crippen LogP contribution in [0.25, 0.3) is 0 Å². The van der Waals surface area contributed by atoms with Gasteiger partial charge in [-0.15, -0.1) is 0 Å². The Kier molecular flexibility index (Phi) is 6.33. The second-order valence-corrected chi connectivity index (χ2v) is 6.43. The lowest BCUT2D eigenvalue weighted by Crippen LogP contribution is -2.30. The standard InChI is InChI=1S/C17H25N3S/c1-4-11-18-16(14-9-7-6-8-10-14)15(5-2)21-17-19-12-13-20(17)3/h6-10,12-13,15-16,18H,4-5,11H2,1-3H3. The van der Waals surface area contributed by atoms with E-state index in [2.05, 4.69) is 66.1 Å². The molecule has 0 saturated carbocycles. The molecule has 0 aliphatic carbocycles. The highest BCUT2D eigenvalue weighted by atomic mass is 32.2. The van der Waals surface area contributed by atoms with Gasteiger partial charge in [0.15, 0.2) is 5.16 Å². The van der Waals surface area contributed by atoms with Gasteiger partial charge in [-0.05, 0) is 24.9 Å². The number of rotatable bonds is 8. The average molecular weight is 303 g/mol. The third kappa shape index (κ3) is 4.35. The van der Waals surface area contributed by atoms with Gasteiger partial charge in [0.25, 0.3) is 0 Å². The lowest BCUT2D eigenvalue weighted by molar-refractivity contribution is 0.504. The largest absolute Gasteiger partial charge is 0.329 e. The van der Waals surface area contributed by atoms with E-state index in [1.807, 2.05) is 24.2 Å². The second-order valence-electron chi connectivity index (χ2n) is 5.23. The van der Waals surface area contributed by atoms with E-state index in [-0.39, 0.29) is 0 Å². The summed E-state index contributed by atoms with van der Waals surface area (Å²) in [5.74, 6) is 0. The second kappa shape index (κ2) is 8.25. The lowest BCUT2D eigenvalue weighted by atomic mass is 10.0. The van der Waals surface area contributed by atoms with Crippen LogP contribution in [-0.4, -0.2) is 21.3 Å². The average Bonchev–Trinajstić information content (AvgIpc) is 2.92. The summed E-state index contributed by atoms with van der Waals surface area (Å²) in [5.41, 5.74) is 1.36. The number of benzene rings is 1. The van der Waals surface area contributed by atoms with Gasteiger partial charge in [0.1, 0.15) is 0 Å². The molecule has 4 heteroatoms. The molecule has 2 atom stereocenters. The Balaban J connectivity index is 2.18. The normalized spacial score (nSPS) is 14.0. The van der Waals surface area contributed by atoms with Crippen molar-refractivity contribution in [2.75, 3.05) is 6.54 Å². The number of hydrogen-bond acceptors (Lipinski definition) is 3. The van der Waals surface area contributed by atoms with Crippen LogP contribution < -0.4 is 5.32 Å². The maximum atomic E-state index is 4.46. The summed E-state index contributed by atoms with van der Waals surface area (Å²) in [6.07, 6.45) is 6.12. The van der Waals surface area contributed by atoms with E-state index in [0.29, 0.717) is 11.3 Å². The van der Waals surface area contributed by atoms with Crippen molar-refractivity contribution in [2.45, 2.75) is 43.1 Å². The maximum absolute atomic E-state index is 4.46.